The highest BCUT2D eigenvalue weighted by molar-refractivity contribution is 5.75. The lowest BCUT2D eigenvalue weighted by molar-refractivity contribution is -0.221. The number of carbonyl (C=O) groups is 1. The lowest BCUT2D eigenvalue weighted by atomic mass is 9.33. The number of hydrogen-bond acceptors (Lipinski definition) is 3. The Hall–Kier alpha value is -1.46. The third kappa shape index (κ3) is 5.72. The van der Waals surface area contributed by atoms with Gasteiger partial charge in [-0.05, 0) is 178 Å². The highest BCUT2D eigenvalue weighted by Gasteiger charge is 2.70. The summed E-state index contributed by atoms with van der Waals surface area (Å²) in [4.78, 5) is 14.7. The Kier molecular flexibility index (Phi) is 9.50. The van der Waals surface area contributed by atoms with E-state index in [4.69, 9.17) is 0 Å². The monoisotopic (exact) mass is 705 g/mol. The van der Waals surface area contributed by atoms with E-state index in [1.165, 1.54) is 101 Å². The zero-order valence-corrected chi connectivity index (χ0v) is 33.9. The van der Waals surface area contributed by atoms with Crippen molar-refractivity contribution < 1.29 is 14.3 Å². The van der Waals surface area contributed by atoms with Crippen LogP contribution >= 0.6 is 0 Å². The molecule has 0 amide bonds. The molecule has 5 heteroatoms. The summed E-state index contributed by atoms with van der Waals surface area (Å²) in [6, 6.07) is 0. The first-order valence-corrected chi connectivity index (χ1v) is 21.2. The van der Waals surface area contributed by atoms with Gasteiger partial charge in [0.2, 0.25) is 0 Å². The van der Waals surface area contributed by atoms with Crippen LogP contribution in [-0.4, -0.2) is 54.4 Å². The molecule has 1 aliphatic heterocycles. The van der Waals surface area contributed by atoms with Gasteiger partial charge in [-0.15, -0.1) is 0 Å². The second-order valence-electron chi connectivity index (χ2n) is 21.5. The number of likely N-dealkylation sites (tertiary alicyclic amines) is 1. The first-order chi connectivity index (χ1) is 23.9. The first-order valence-electron chi connectivity index (χ1n) is 21.2. The Bertz CT molecular complexity index is 1450. The quantitative estimate of drug-likeness (QED) is 0.247. The van der Waals surface area contributed by atoms with Crippen molar-refractivity contribution in [2.75, 3.05) is 32.9 Å². The third-order valence-corrected chi connectivity index (χ3v) is 18.4. The van der Waals surface area contributed by atoms with E-state index < -0.39 is 18.1 Å². The molecule has 0 aromatic rings. The van der Waals surface area contributed by atoms with Gasteiger partial charge in [0.25, 0.3) is 0 Å². The van der Waals surface area contributed by atoms with Gasteiger partial charge >= 0.3 is 5.97 Å². The standard InChI is InChI=1S/C46H73FN2O2/c1-31(2)33-14-21-46(48-26-29-49-27-24-40(3,4)25-28-49)23-22-43(8)35(38(33)46)10-11-37-42(7)17-15-34(41(5,6)36(42)16-18-44(37,43)9)32-12-19-45(30-47,20-13-32)39(50)51/h12,15,33,35-38,48H,1,10-11,13-14,16-30H2,2-9H3,(H,50,51)/t33-,35+,36-,37+,38+,42-,43+,44+,45-,46-/m0/s1. The molecule has 6 aliphatic carbocycles. The largest absolute Gasteiger partial charge is 0.481 e. The van der Waals surface area contributed by atoms with Crippen LogP contribution in [0.5, 0.6) is 0 Å². The fourth-order valence-corrected chi connectivity index (χ4v) is 15.0. The summed E-state index contributed by atoms with van der Waals surface area (Å²) in [5.41, 5.74) is 4.56. The van der Waals surface area contributed by atoms with Gasteiger partial charge in [0.1, 0.15) is 6.67 Å². The third-order valence-electron chi connectivity index (χ3n) is 18.4. The molecule has 4 nitrogen and oxygen atoms in total. The molecule has 0 aromatic carbocycles. The van der Waals surface area contributed by atoms with Crippen molar-refractivity contribution in [3.63, 3.8) is 0 Å². The molecule has 5 fully saturated rings. The van der Waals surface area contributed by atoms with Crippen molar-refractivity contribution in [2.45, 2.75) is 151 Å². The van der Waals surface area contributed by atoms with Crippen LogP contribution in [0.4, 0.5) is 4.39 Å². The molecular weight excluding hydrogens is 632 g/mol. The topological polar surface area (TPSA) is 52.6 Å². The maximum atomic E-state index is 14.0. The number of allylic oxidation sites excluding steroid dienone is 5. The lowest BCUT2D eigenvalue weighted by Gasteiger charge is -2.72. The van der Waals surface area contributed by atoms with Crippen molar-refractivity contribution in [1.82, 2.24) is 10.2 Å². The number of carboxylic acid groups (broad SMARTS) is 1. The van der Waals surface area contributed by atoms with Gasteiger partial charge in [-0.3, -0.25) is 4.79 Å². The van der Waals surface area contributed by atoms with Crippen LogP contribution < -0.4 is 5.32 Å². The van der Waals surface area contributed by atoms with Crippen molar-refractivity contribution in [1.29, 1.82) is 0 Å². The Morgan fingerprint density at radius 3 is 2.24 bits per heavy atom. The minimum absolute atomic E-state index is 0.0170. The number of nitrogens with zero attached hydrogens (tertiary/aromatic N) is 1. The van der Waals surface area contributed by atoms with Crippen LogP contribution in [0.3, 0.4) is 0 Å². The molecule has 51 heavy (non-hydrogen) atoms. The van der Waals surface area contributed by atoms with Crippen molar-refractivity contribution >= 4 is 5.97 Å². The van der Waals surface area contributed by atoms with Gasteiger partial charge in [0.15, 0.2) is 0 Å². The Balaban J connectivity index is 1.13. The smallest absolute Gasteiger partial charge is 0.312 e. The maximum Gasteiger partial charge on any atom is 0.312 e. The summed E-state index contributed by atoms with van der Waals surface area (Å²) < 4.78 is 14.0. The summed E-state index contributed by atoms with van der Waals surface area (Å²) >= 11 is 0. The van der Waals surface area contributed by atoms with Gasteiger partial charge in [-0.25, -0.2) is 4.39 Å². The maximum absolute atomic E-state index is 14.0. The van der Waals surface area contributed by atoms with E-state index in [9.17, 15) is 14.3 Å². The van der Waals surface area contributed by atoms with E-state index in [2.05, 4.69) is 84.3 Å². The summed E-state index contributed by atoms with van der Waals surface area (Å²) in [7, 11) is 0. The first kappa shape index (κ1) is 37.8. The fourth-order valence-electron chi connectivity index (χ4n) is 15.0. The zero-order valence-electron chi connectivity index (χ0n) is 33.9. The Labute approximate surface area is 310 Å². The minimum Gasteiger partial charge on any atom is -0.481 e. The molecule has 286 valence electrons. The molecule has 0 unspecified atom stereocenters. The summed E-state index contributed by atoms with van der Waals surface area (Å²) in [6.07, 6.45) is 20.3. The second kappa shape index (κ2) is 12.8. The number of carboxylic acids is 1. The van der Waals surface area contributed by atoms with E-state index in [0.29, 0.717) is 59.2 Å². The zero-order chi connectivity index (χ0) is 36.8. The van der Waals surface area contributed by atoms with Gasteiger partial charge in [-0.2, -0.15) is 0 Å². The molecule has 7 rings (SSSR count). The number of alkyl halides is 1. The average molecular weight is 705 g/mol. The SMILES string of the molecule is C=C(C)[C@@H]1CC[C@]2(NCCN3CCC(C)(C)CC3)CC[C@]3(C)[C@H](CC[C@@H]4[C@@]5(C)CC=C(C6=CC[C@](CF)(C(=O)O)CC6)C(C)(C)[C@@H]5CC[C@]43C)[C@@H]12. The summed E-state index contributed by atoms with van der Waals surface area (Å²) in [5, 5.41) is 14.2. The molecule has 7 aliphatic rings. The van der Waals surface area contributed by atoms with E-state index in [1.54, 1.807) is 0 Å². The number of halogens is 1. The highest BCUT2D eigenvalue weighted by atomic mass is 19.1. The normalized spacial score (nSPS) is 46.1. The predicted molar refractivity (Wildman–Crippen MR) is 208 cm³/mol. The van der Waals surface area contributed by atoms with Gasteiger partial charge < -0.3 is 15.3 Å². The molecule has 0 bridgehead atoms. The molecule has 0 spiro atoms. The number of fused-ring (bicyclic) bond motifs is 7. The number of rotatable bonds is 8. The number of hydrogen-bond donors (Lipinski definition) is 2. The van der Waals surface area contributed by atoms with Crippen molar-refractivity contribution in [3.8, 4) is 0 Å². The van der Waals surface area contributed by atoms with Gasteiger partial charge in [0.05, 0.1) is 5.41 Å². The van der Waals surface area contributed by atoms with Crippen LogP contribution in [0.25, 0.3) is 0 Å². The van der Waals surface area contributed by atoms with Crippen molar-refractivity contribution in [3.05, 3.63) is 35.5 Å². The Morgan fingerprint density at radius 1 is 0.882 bits per heavy atom. The molecule has 2 N–H and O–H groups in total. The minimum atomic E-state index is -1.24. The summed E-state index contributed by atoms with van der Waals surface area (Å²) in [5.74, 6) is 2.36. The molecular formula is C46H73FN2O2. The van der Waals surface area contributed by atoms with Crippen molar-refractivity contribution in [2.24, 2.45) is 62.1 Å². The highest BCUT2D eigenvalue weighted by Crippen LogP contribution is 2.76. The molecule has 0 radical (unpaired) electrons. The lowest BCUT2D eigenvalue weighted by Crippen LogP contribution is -2.68. The second-order valence-corrected chi connectivity index (χ2v) is 21.5. The van der Waals surface area contributed by atoms with Crippen LogP contribution in [0.15, 0.2) is 35.5 Å². The van der Waals surface area contributed by atoms with Crippen LogP contribution in [0.1, 0.15) is 145 Å². The Morgan fingerprint density at radius 2 is 1.61 bits per heavy atom. The fraction of sp³-hybridized carbons (Fsp3) is 0.848. The number of nitrogens with one attached hydrogen (secondary N) is 1. The van der Waals surface area contributed by atoms with E-state index in [0.717, 1.165) is 18.9 Å². The average Bonchev–Trinajstić information content (AvgIpc) is 3.46. The predicted octanol–water partition coefficient (Wildman–Crippen LogP) is 10.8. The molecule has 10 atom stereocenters. The van der Waals surface area contributed by atoms with E-state index in [-0.39, 0.29) is 16.4 Å². The van der Waals surface area contributed by atoms with E-state index >= 15 is 0 Å². The van der Waals surface area contributed by atoms with Crippen LogP contribution in [0.2, 0.25) is 0 Å². The number of piperidine rings is 1. The summed E-state index contributed by atoms with van der Waals surface area (Å²) in [6.45, 7) is 29.0. The number of aliphatic carboxylic acids is 1. The van der Waals surface area contributed by atoms with E-state index in [1.807, 2.05) is 0 Å². The van der Waals surface area contributed by atoms with Gasteiger partial charge in [0, 0.05) is 18.6 Å². The van der Waals surface area contributed by atoms with Gasteiger partial charge in [-0.1, -0.05) is 72.8 Å². The van der Waals surface area contributed by atoms with Crippen LogP contribution in [-0.2, 0) is 4.79 Å². The molecule has 0 aromatic heterocycles. The molecule has 1 heterocycles. The van der Waals surface area contributed by atoms with Crippen LogP contribution in [0, 0.1) is 62.1 Å². The molecule has 4 saturated carbocycles. The molecule has 1 saturated heterocycles.